The minimum atomic E-state index is -0.889. The fourth-order valence-corrected chi connectivity index (χ4v) is 2.35. The van der Waals surface area contributed by atoms with Crippen LogP contribution < -0.4 is 10.2 Å². The number of benzene rings is 2. The first kappa shape index (κ1) is 18.3. The van der Waals surface area contributed by atoms with Crippen LogP contribution in [0.1, 0.15) is 18.1 Å². The highest BCUT2D eigenvalue weighted by Gasteiger charge is 2.15. The zero-order valence-electron chi connectivity index (χ0n) is 14.7. The van der Waals surface area contributed by atoms with Gasteiger partial charge in [0.05, 0.1) is 19.0 Å². The second-order valence-electron chi connectivity index (χ2n) is 5.88. The Bertz CT molecular complexity index is 924. The zero-order chi connectivity index (χ0) is 19.1. The largest absolute Gasteiger partial charge is 0.478 e. The van der Waals surface area contributed by atoms with Gasteiger partial charge in [0.25, 0.3) is 5.91 Å². The van der Waals surface area contributed by atoms with Crippen molar-refractivity contribution in [3.8, 4) is 5.75 Å². The van der Waals surface area contributed by atoms with Crippen LogP contribution >= 0.6 is 0 Å². The number of ether oxygens (including phenoxy) is 1. The number of hydrogen-bond acceptors (Lipinski definition) is 4. The van der Waals surface area contributed by atoms with E-state index >= 15 is 0 Å². The molecular weight excluding hydrogens is 347 g/mol. The highest BCUT2D eigenvalue weighted by molar-refractivity contribution is 5.84. The summed E-state index contributed by atoms with van der Waals surface area (Å²) in [6.07, 6.45) is 4.07. The van der Waals surface area contributed by atoms with E-state index in [2.05, 4.69) is 15.6 Å². The molecule has 0 unspecified atom stereocenters. The topological polar surface area (TPSA) is 68.5 Å². The molecular formula is C20H19FN4O2. The molecule has 3 rings (SSSR count). The molecule has 138 valence electrons. The maximum Gasteiger partial charge on any atom is 0.280 e. The number of nitrogens with zero attached hydrogens (tertiary/aromatic N) is 3. The van der Waals surface area contributed by atoms with Crippen molar-refractivity contribution in [2.75, 3.05) is 0 Å². The van der Waals surface area contributed by atoms with Crippen LogP contribution in [-0.4, -0.2) is 28.0 Å². The molecule has 1 aromatic heterocycles. The van der Waals surface area contributed by atoms with Crippen LogP contribution in [0, 0.1) is 5.82 Å². The van der Waals surface area contributed by atoms with E-state index in [0.29, 0.717) is 6.54 Å². The Morgan fingerprint density at radius 1 is 1.26 bits per heavy atom. The number of aromatic nitrogens is 2. The summed E-state index contributed by atoms with van der Waals surface area (Å²) < 4.78 is 20.6. The van der Waals surface area contributed by atoms with Gasteiger partial charge in [0.1, 0.15) is 0 Å². The van der Waals surface area contributed by atoms with E-state index in [1.165, 1.54) is 25.3 Å². The van der Waals surface area contributed by atoms with Crippen molar-refractivity contribution in [3.05, 3.63) is 83.9 Å². The van der Waals surface area contributed by atoms with Crippen LogP contribution in [0.15, 0.2) is 72.1 Å². The highest BCUT2D eigenvalue weighted by Crippen LogP contribution is 2.16. The number of nitrogens with one attached hydrogen (secondary N) is 1. The molecule has 0 fully saturated rings. The van der Waals surface area contributed by atoms with Crippen molar-refractivity contribution in [2.45, 2.75) is 19.6 Å². The maximum atomic E-state index is 13.5. The van der Waals surface area contributed by atoms with Crippen LogP contribution in [0.4, 0.5) is 4.39 Å². The minimum Gasteiger partial charge on any atom is -0.478 e. The Morgan fingerprint density at radius 2 is 2.00 bits per heavy atom. The Morgan fingerprint density at radius 3 is 2.78 bits per heavy atom. The molecule has 0 radical (unpaired) electrons. The number of rotatable bonds is 7. The molecule has 0 saturated carbocycles. The third kappa shape index (κ3) is 5.24. The first-order chi connectivity index (χ1) is 13.1. The lowest BCUT2D eigenvalue weighted by molar-refractivity contribution is -0.127. The van der Waals surface area contributed by atoms with E-state index in [0.717, 1.165) is 11.1 Å². The highest BCUT2D eigenvalue weighted by atomic mass is 19.1. The molecule has 2 aromatic carbocycles. The van der Waals surface area contributed by atoms with Crippen LogP contribution in [-0.2, 0) is 11.3 Å². The molecule has 27 heavy (non-hydrogen) atoms. The van der Waals surface area contributed by atoms with Crippen LogP contribution in [0.3, 0.4) is 0 Å². The molecule has 0 bridgehead atoms. The second kappa shape index (κ2) is 8.75. The molecule has 0 aliphatic carbocycles. The normalized spacial score (nSPS) is 12.1. The van der Waals surface area contributed by atoms with Gasteiger partial charge in [0.2, 0.25) is 0 Å². The average molecular weight is 366 g/mol. The lowest BCUT2D eigenvalue weighted by atomic mass is 10.2. The Balaban J connectivity index is 1.51. The van der Waals surface area contributed by atoms with E-state index in [4.69, 9.17) is 4.74 Å². The maximum absolute atomic E-state index is 13.5. The molecule has 1 heterocycles. The molecule has 7 heteroatoms. The van der Waals surface area contributed by atoms with Gasteiger partial charge in [-0.05, 0) is 24.6 Å². The van der Waals surface area contributed by atoms with Gasteiger partial charge < -0.3 is 4.74 Å². The van der Waals surface area contributed by atoms with Crippen molar-refractivity contribution >= 4 is 12.1 Å². The number of halogens is 1. The smallest absolute Gasteiger partial charge is 0.280 e. The lowest BCUT2D eigenvalue weighted by Crippen LogP contribution is -2.33. The molecule has 1 atom stereocenters. The Kier molecular flexibility index (Phi) is 5.94. The third-order valence-corrected chi connectivity index (χ3v) is 3.74. The summed E-state index contributed by atoms with van der Waals surface area (Å²) in [7, 11) is 0. The van der Waals surface area contributed by atoms with Gasteiger partial charge in [0.15, 0.2) is 17.7 Å². The summed E-state index contributed by atoms with van der Waals surface area (Å²) in [5.74, 6) is -0.982. The summed E-state index contributed by atoms with van der Waals surface area (Å²) in [5, 5.41) is 8.15. The molecule has 3 aromatic rings. The molecule has 1 N–H and O–H groups in total. The summed E-state index contributed by atoms with van der Waals surface area (Å²) >= 11 is 0. The number of carbonyl (C=O) groups is 1. The molecule has 1 amide bonds. The quantitative estimate of drug-likeness (QED) is 0.516. The monoisotopic (exact) mass is 366 g/mol. The Labute approximate surface area is 156 Å². The standard InChI is InChI=1S/C20H19FN4O2/c1-15(27-19-10-6-5-9-18(19)21)20(26)24-22-11-17-12-23-25(14-17)13-16-7-3-2-4-8-16/h2-12,14-15H,13H2,1H3,(H,24,26)/b22-11-/t15-/m1/s1. The first-order valence-corrected chi connectivity index (χ1v) is 8.42. The van der Waals surface area contributed by atoms with E-state index in [-0.39, 0.29) is 5.75 Å². The van der Waals surface area contributed by atoms with Crippen molar-refractivity contribution in [2.24, 2.45) is 5.10 Å². The van der Waals surface area contributed by atoms with Crippen molar-refractivity contribution in [1.82, 2.24) is 15.2 Å². The summed E-state index contributed by atoms with van der Waals surface area (Å²) in [6.45, 7) is 2.17. The minimum absolute atomic E-state index is 0.0197. The van der Waals surface area contributed by atoms with Crippen molar-refractivity contribution < 1.29 is 13.9 Å². The van der Waals surface area contributed by atoms with Gasteiger partial charge in [-0.25, -0.2) is 9.82 Å². The predicted molar refractivity (Wildman–Crippen MR) is 100.0 cm³/mol. The van der Waals surface area contributed by atoms with Gasteiger partial charge in [-0.2, -0.15) is 10.2 Å². The van der Waals surface area contributed by atoms with Gasteiger partial charge in [-0.1, -0.05) is 42.5 Å². The van der Waals surface area contributed by atoms with E-state index in [1.807, 2.05) is 36.5 Å². The van der Waals surface area contributed by atoms with Gasteiger partial charge >= 0.3 is 0 Å². The second-order valence-corrected chi connectivity index (χ2v) is 5.88. The number of para-hydroxylation sites is 1. The number of carbonyl (C=O) groups excluding carboxylic acids is 1. The van der Waals surface area contributed by atoms with Crippen LogP contribution in [0.2, 0.25) is 0 Å². The fourth-order valence-electron chi connectivity index (χ4n) is 2.35. The van der Waals surface area contributed by atoms with Crippen molar-refractivity contribution in [1.29, 1.82) is 0 Å². The van der Waals surface area contributed by atoms with Gasteiger partial charge in [0, 0.05) is 11.8 Å². The number of hydrazone groups is 1. The van der Waals surface area contributed by atoms with E-state index in [1.54, 1.807) is 23.0 Å². The fraction of sp³-hybridized carbons (Fsp3) is 0.150. The number of amides is 1. The predicted octanol–water partition coefficient (Wildman–Crippen LogP) is 2.99. The summed E-state index contributed by atoms with van der Waals surface area (Å²) in [4.78, 5) is 12.0. The summed E-state index contributed by atoms with van der Waals surface area (Å²) in [6, 6.07) is 15.9. The van der Waals surface area contributed by atoms with Crippen molar-refractivity contribution in [3.63, 3.8) is 0 Å². The first-order valence-electron chi connectivity index (χ1n) is 8.42. The summed E-state index contributed by atoms with van der Waals surface area (Å²) in [5.41, 5.74) is 4.26. The van der Waals surface area contributed by atoms with E-state index < -0.39 is 17.8 Å². The Hall–Kier alpha value is -3.48. The SMILES string of the molecule is C[C@@H](Oc1ccccc1F)C(=O)N/N=C\c1cnn(Cc2ccccc2)c1. The molecule has 6 nitrogen and oxygen atoms in total. The number of hydrogen-bond donors (Lipinski definition) is 1. The van der Waals surface area contributed by atoms with Crippen LogP contribution in [0.25, 0.3) is 0 Å². The average Bonchev–Trinajstić information content (AvgIpc) is 3.11. The van der Waals surface area contributed by atoms with E-state index in [9.17, 15) is 9.18 Å². The van der Waals surface area contributed by atoms with Crippen LogP contribution in [0.5, 0.6) is 5.75 Å². The molecule has 0 saturated heterocycles. The van der Waals surface area contributed by atoms with Gasteiger partial charge in [-0.3, -0.25) is 9.48 Å². The lowest BCUT2D eigenvalue weighted by Gasteiger charge is -2.13. The molecule has 0 aliphatic rings. The van der Waals surface area contributed by atoms with Gasteiger partial charge in [-0.15, -0.1) is 0 Å². The molecule has 0 aliphatic heterocycles. The molecule has 0 spiro atoms. The zero-order valence-corrected chi connectivity index (χ0v) is 14.7. The third-order valence-electron chi connectivity index (χ3n) is 3.74.